The van der Waals surface area contributed by atoms with Crippen molar-refractivity contribution in [3.05, 3.63) is 70.2 Å². The zero-order chi connectivity index (χ0) is 19.6. The third-order valence-electron chi connectivity index (χ3n) is 3.93. The second-order valence-corrected chi connectivity index (χ2v) is 6.72. The van der Waals surface area contributed by atoms with Gasteiger partial charge in [0, 0.05) is 5.02 Å². The van der Waals surface area contributed by atoms with Crippen LogP contribution in [0, 0.1) is 0 Å². The highest BCUT2D eigenvalue weighted by Gasteiger charge is 2.22. The zero-order valence-electron chi connectivity index (χ0n) is 14.2. The Morgan fingerprint density at radius 2 is 1.70 bits per heavy atom. The van der Waals surface area contributed by atoms with Crippen LogP contribution in [-0.4, -0.2) is 23.1 Å². The van der Waals surface area contributed by atoms with Gasteiger partial charge >= 0.3 is 5.97 Å². The molecule has 1 atom stereocenters. The molecule has 0 aliphatic rings. The molecule has 0 fully saturated rings. The van der Waals surface area contributed by atoms with E-state index in [0.717, 1.165) is 10.8 Å². The Balaban J connectivity index is 1.73. The van der Waals surface area contributed by atoms with E-state index in [4.69, 9.17) is 27.9 Å². The zero-order valence-corrected chi connectivity index (χ0v) is 15.7. The minimum Gasteiger partial charge on any atom is -0.507 e. The van der Waals surface area contributed by atoms with Gasteiger partial charge in [-0.3, -0.25) is 4.79 Å². The number of phenolic OH excluding ortho intramolecular Hbond substituents is 1. The first-order valence-electron chi connectivity index (χ1n) is 8.04. The van der Waals surface area contributed by atoms with E-state index in [1.54, 1.807) is 12.1 Å². The Morgan fingerprint density at radius 1 is 1.04 bits per heavy atom. The van der Waals surface area contributed by atoms with E-state index in [1.165, 1.54) is 25.1 Å². The average molecular weight is 404 g/mol. The standard InChI is InChI=1S/C20H15Cl2NO4/c1-11(19(25)23-17-7-6-14(21)10-16(17)22)27-20(26)15-8-12-4-2-3-5-13(12)9-18(15)24/h2-11,24H,1H3,(H,23,25). The molecule has 1 unspecified atom stereocenters. The maximum atomic E-state index is 12.4. The number of hydrogen-bond donors (Lipinski definition) is 2. The van der Waals surface area contributed by atoms with Gasteiger partial charge in [0.2, 0.25) is 0 Å². The van der Waals surface area contributed by atoms with Crippen LogP contribution >= 0.6 is 23.2 Å². The van der Waals surface area contributed by atoms with Gasteiger partial charge in [-0.1, -0.05) is 47.5 Å². The molecule has 7 heteroatoms. The van der Waals surface area contributed by atoms with E-state index in [1.807, 2.05) is 24.3 Å². The molecular formula is C20H15Cl2NO4. The Labute approximate surface area is 165 Å². The fourth-order valence-corrected chi connectivity index (χ4v) is 2.95. The highest BCUT2D eigenvalue weighted by atomic mass is 35.5. The molecule has 0 aliphatic heterocycles. The van der Waals surface area contributed by atoms with Crippen molar-refractivity contribution in [1.29, 1.82) is 0 Å². The van der Waals surface area contributed by atoms with Gasteiger partial charge in [-0.25, -0.2) is 4.79 Å². The summed E-state index contributed by atoms with van der Waals surface area (Å²) in [4.78, 5) is 24.7. The highest BCUT2D eigenvalue weighted by molar-refractivity contribution is 6.36. The number of carbonyl (C=O) groups excluding carboxylic acids is 2. The SMILES string of the molecule is CC(OC(=O)c1cc2ccccc2cc1O)C(=O)Nc1ccc(Cl)cc1Cl. The quantitative estimate of drug-likeness (QED) is 0.598. The van der Waals surface area contributed by atoms with Crippen LogP contribution in [0.15, 0.2) is 54.6 Å². The molecule has 0 heterocycles. The maximum absolute atomic E-state index is 12.4. The van der Waals surface area contributed by atoms with E-state index in [2.05, 4.69) is 5.32 Å². The van der Waals surface area contributed by atoms with Crippen LogP contribution in [0.5, 0.6) is 5.75 Å². The topological polar surface area (TPSA) is 75.6 Å². The van der Waals surface area contributed by atoms with Crippen LogP contribution in [0.4, 0.5) is 5.69 Å². The van der Waals surface area contributed by atoms with Gasteiger partial charge in [-0.2, -0.15) is 0 Å². The van der Waals surface area contributed by atoms with E-state index in [9.17, 15) is 14.7 Å². The van der Waals surface area contributed by atoms with E-state index >= 15 is 0 Å². The summed E-state index contributed by atoms with van der Waals surface area (Å²) in [5.41, 5.74) is 0.334. The van der Waals surface area contributed by atoms with E-state index < -0.39 is 18.0 Å². The lowest BCUT2D eigenvalue weighted by Gasteiger charge is -2.15. The fourth-order valence-electron chi connectivity index (χ4n) is 2.49. The molecule has 0 aliphatic carbocycles. The fraction of sp³-hybridized carbons (Fsp3) is 0.100. The Hall–Kier alpha value is -2.76. The van der Waals surface area contributed by atoms with Crippen molar-refractivity contribution in [3.63, 3.8) is 0 Å². The summed E-state index contributed by atoms with van der Waals surface area (Å²) < 4.78 is 5.18. The normalized spacial score (nSPS) is 11.8. The number of benzene rings is 3. The lowest BCUT2D eigenvalue weighted by atomic mass is 10.1. The van der Waals surface area contributed by atoms with Crippen molar-refractivity contribution < 1.29 is 19.4 Å². The van der Waals surface area contributed by atoms with Gasteiger partial charge in [0.05, 0.1) is 10.7 Å². The molecule has 3 rings (SSSR count). The van der Waals surface area contributed by atoms with Crippen LogP contribution in [0.3, 0.4) is 0 Å². The summed E-state index contributed by atoms with van der Waals surface area (Å²) in [6.07, 6.45) is -1.10. The number of anilines is 1. The Morgan fingerprint density at radius 3 is 2.37 bits per heavy atom. The Bertz CT molecular complexity index is 1040. The van der Waals surface area contributed by atoms with E-state index in [0.29, 0.717) is 10.7 Å². The first-order valence-corrected chi connectivity index (χ1v) is 8.79. The van der Waals surface area contributed by atoms with Crippen molar-refractivity contribution in [2.45, 2.75) is 13.0 Å². The number of esters is 1. The van der Waals surface area contributed by atoms with Crippen molar-refractivity contribution in [1.82, 2.24) is 0 Å². The minimum absolute atomic E-state index is 0.0159. The number of amides is 1. The third kappa shape index (κ3) is 4.32. The number of phenols is 1. The molecule has 3 aromatic carbocycles. The first-order chi connectivity index (χ1) is 12.8. The van der Waals surface area contributed by atoms with Gasteiger partial charge in [-0.15, -0.1) is 0 Å². The molecule has 2 N–H and O–H groups in total. The van der Waals surface area contributed by atoms with Gasteiger partial charge in [0.1, 0.15) is 11.3 Å². The number of aromatic hydroxyl groups is 1. The molecule has 5 nitrogen and oxygen atoms in total. The summed E-state index contributed by atoms with van der Waals surface area (Å²) in [6, 6.07) is 14.9. The molecule has 0 bridgehead atoms. The molecule has 3 aromatic rings. The van der Waals surface area contributed by atoms with Crippen LogP contribution < -0.4 is 5.32 Å². The molecule has 0 saturated carbocycles. The summed E-state index contributed by atoms with van der Waals surface area (Å²) >= 11 is 11.8. The molecule has 0 radical (unpaired) electrons. The summed E-state index contributed by atoms with van der Waals surface area (Å²) in [5.74, 6) is -1.58. The third-order valence-corrected chi connectivity index (χ3v) is 4.47. The number of fused-ring (bicyclic) bond motifs is 1. The summed E-state index contributed by atoms with van der Waals surface area (Å²) in [5, 5.41) is 14.9. The van der Waals surface area contributed by atoms with Crippen molar-refractivity contribution in [3.8, 4) is 5.75 Å². The first kappa shape index (κ1) is 19.0. The average Bonchev–Trinajstić information content (AvgIpc) is 2.63. The maximum Gasteiger partial charge on any atom is 0.342 e. The van der Waals surface area contributed by atoms with Gasteiger partial charge in [0.25, 0.3) is 5.91 Å². The van der Waals surface area contributed by atoms with Crippen LogP contribution in [0.2, 0.25) is 10.0 Å². The highest BCUT2D eigenvalue weighted by Crippen LogP contribution is 2.27. The minimum atomic E-state index is -1.10. The van der Waals surface area contributed by atoms with Gasteiger partial charge < -0.3 is 15.2 Å². The Kier molecular flexibility index (Phi) is 5.54. The summed E-state index contributed by atoms with van der Waals surface area (Å²) in [6.45, 7) is 1.43. The van der Waals surface area contributed by atoms with Crippen LogP contribution in [-0.2, 0) is 9.53 Å². The molecule has 0 spiro atoms. The number of carbonyl (C=O) groups is 2. The number of halogens is 2. The van der Waals surface area contributed by atoms with Crippen molar-refractivity contribution in [2.24, 2.45) is 0 Å². The van der Waals surface area contributed by atoms with E-state index in [-0.39, 0.29) is 16.3 Å². The predicted molar refractivity (Wildman–Crippen MR) is 106 cm³/mol. The lowest BCUT2D eigenvalue weighted by Crippen LogP contribution is -2.30. The monoisotopic (exact) mass is 403 g/mol. The second-order valence-electron chi connectivity index (χ2n) is 5.88. The van der Waals surface area contributed by atoms with Crippen molar-refractivity contribution >= 4 is 51.5 Å². The number of ether oxygens (including phenoxy) is 1. The molecule has 0 saturated heterocycles. The number of hydrogen-bond acceptors (Lipinski definition) is 4. The molecule has 138 valence electrons. The number of nitrogens with one attached hydrogen (secondary N) is 1. The smallest absolute Gasteiger partial charge is 0.342 e. The summed E-state index contributed by atoms with van der Waals surface area (Å²) in [7, 11) is 0. The molecule has 0 aromatic heterocycles. The predicted octanol–water partition coefficient (Wildman–Crippen LogP) is 5.04. The molecule has 27 heavy (non-hydrogen) atoms. The molecule has 1 amide bonds. The van der Waals surface area contributed by atoms with Gasteiger partial charge in [0.15, 0.2) is 6.10 Å². The number of rotatable bonds is 4. The largest absolute Gasteiger partial charge is 0.507 e. The second kappa shape index (κ2) is 7.86. The van der Waals surface area contributed by atoms with Crippen molar-refractivity contribution in [2.75, 3.05) is 5.32 Å². The van der Waals surface area contributed by atoms with Crippen LogP contribution in [0.1, 0.15) is 17.3 Å². The lowest BCUT2D eigenvalue weighted by molar-refractivity contribution is -0.123. The van der Waals surface area contributed by atoms with Crippen LogP contribution in [0.25, 0.3) is 10.8 Å². The van der Waals surface area contributed by atoms with Gasteiger partial charge in [-0.05, 0) is 48.0 Å². The molecular weight excluding hydrogens is 389 g/mol.